The third-order valence-corrected chi connectivity index (χ3v) is 3.00. The number of hydrogen-bond acceptors (Lipinski definition) is 1. The van der Waals surface area contributed by atoms with Crippen LogP contribution in [-0.4, -0.2) is 0 Å². The summed E-state index contributed by atoms with van der Waals surface area (Å²) >= 11 is 11.5. The number of nitrogens with one attached hydrogen (secondary N) is 1. The van der Waals surface area contributed by atoms with Crippen molar-refractivity contribution in [1.82, 2.24) is 0 Å². The fourth-order valence-corrected chi connectivity index (χ4v) is 1.88. The average molecular weight is 288 g/mol. The molecule has 0 spiro atoms. The highest BCUT2D eigenvalue weighted by Gasteiger charge is 2.05. The summed E-state index contributed by atoms with van der Waals surface area (Å²) < 4.78 is 26.3. The molecule has 0 amide bonds. The Morgan fingerprint density at radius 2 is 1.78 bits per heavy atom. The molecule has 0 aliphatic heterocycles. The van der Waals surface area contributed by atoms with Crippen molar-refractivity contribution in [1.29, 1.82) is 0 Å². The summed E-state index contributed by atoms with van der Waals surface area (Å²) in [5, 5.41) is 3.51. The van der Waals surface area contributed by atoms with Gasteiger partial charge in [0.2, 0.25) is 0 Å². The van der Waals surface area contributed by atoms with Crippen molar-refractivity contribution < 1.29 is 8.78 Å². The lowest BCUT2D eigenvalue weighted by Gasteiger charge is -2.09. The van der Waals surface area contributed by atoms with E-state index in [1.165, 1.54) is 24.3 Å². The van der Waals surface area contributed by atoms with Crippen molar-refractivity contribution in [2.24, 2.45) is 0 Å². The molecular formula is C13H9Cl2F2N. The maximum absolute atomic E-state index is 13.5. The molecule has 94 valence electrons. The zero-order valence-corrected chi connectivity index (χ0v) is 10.7. The van der Waals surface area contributed by atoms with E-state index in [9.17, 15) is 8.78 Å². The van der Waals surface area contributed by atoms with Gasteiger partial charge in [-0.15, -0.1) is 0 Å². The molecule has 2 aromatic carbocycles. The second kappa shape index (κ2) is 5.55. The number of halogens is 4. The van der Waals surface area contributed by atoms with Crippen LogP contribution in [0.3, 0.4) is 0 Å². The largest absolute Gasteiger partial charge is 0.379 e. The highest BCUT2D eigenvalue weighted by atomic mass is 35.5. The van der Waals surface area contributed by atoms with Crippen LogP contribution in [0.1, 0.15) is 5.56 Å². The zero-order valence-electron chi connectivity index (χ0n) is 9.18. The minimum atomic E-state index is -0.444. The SMILES string of the molecule is Fc1ccc(CNc2ccc(Cl)cc2F)c(Cl)c1. The summed E-state index contributed by atoms with van der Waals surface area (Å²) in [6.45, 7) is 0.303. The van der Waals surface area contributed by atoms with Crippen LogP contribution in [-0.2, 0) is 6.54 Å². The predicted molar refractivity (Wildman–Crippen MR) is 70.1 cm³/mol. The minimum absolute atomic E-state index is 0.303. The lowest BCUT2D eigenvalue weighted by Crippen LogP contribution is -2.02. The van der Waals surface area contributed by atoms with E-state index in [2.05, 4.69) is 5.32 Å². The maximum Gasteiger partial charge on any atom is 0.147 e. The van der Waals surface area contributed by atoms with Crippen molar-refractivity contribution in [3.05, 3.63) is 63.6 Å². The lowest BCUT2D eigenvalue weighted by molar-refractivity contribution is 0.626. The summed E-state index contributed by atoms with van der Waals surface area (Å²) in [6.07, 6.45) is 0. The molecule has 2 rings (SSSR count). The molecular weight excluding hydrogens is 279 g/mol. The fraction of sp³-hybridized carbons (Fsp3) is 0.0769. The molecule has 0 aliphatic carbocycles. The molecule has 0 saturated carbocycles. The molecule has 0 atom stereocenters. The van der Waals surface area contributed by atoms with Crippen LogP contribution in [0.25, 0.3) is 0 Å². The second-order valence-corrected chi connectivity index (χ2v) is 4.56. The van der Waals surface area contributed by atoms with Gasteiger partial charge in [0.25, 0.3) is 0 Å². The first kappa shape index (κ1) is 13.1. The molecule has 0 radical (unpaired) electrons. The van der Waals surface area contributed by atoms with Crippen LogP contribution >= 0.6 is 23.2 Å². The highest BCUT2D eigenvalue weighted by molar-refractivity contribution is 6.31. The van der Waals surface area contributed by atoms with Crippen LogP contribution in [0.15, 0.2) is 36.4 Å². The van der Waals surface area contributed by atoms with E-state index in [0.717, 1.165) is 0 Å². The van der Waals surface area contributed by atoms with Crippen LogP contribution in [0.4, 0.5) is 14.5 Å². The summed E-state index contributed by atoms with van der Waals surface area (Å²) in [6, 6.07) is 8.42. The summed E-state index contributed by atoms with van der Waals surface area (Å²) in [4.78, 5) is 0. The molecule has 0 bridgehead atoms. The molecule has 0 unspecified atom stereocenters. The zero-order chi connectivity index (χ0) is 13.1. The molecule has 18 heavy (non-hydrogen) atoms. The third kappa shape index (κ3) is 3.12. The molecule has 5 heteroatoms. The van der Waals surface area contributed by atoms with Gasteiger partial charge in [-0.3, -0.25) is 0 Å². The highest BCUT2D eigenvalue weighted by Crippen LogP contribution is 2.22. The van der Waals surface area contributed by atoms with Crippen molar-refractivity contribution in [2.75, 3.05) is 5.32 Å². The molecule has 1 N–H and O–H groups in total. The smallest absolute Gasteiger partial charge is 0.147 e. The van der Waals surface area contributed by atoms with Crippen molar-refractivity contribution in [2.45, 2.75) is 6.54 Å². The lowest BCUT2D eigenvalue weighted by atomic mass is 10.2. The quantitative estimate of drug-likeness (QED) is 0.848. The maximum atomic E-state index is 13.5. The predicted octanol–water partition coefficient (Wildman–Crippen LogP) is 4.88. The van der Waals surface area contributed by atoms with E-state index in [0.29, 0.717) is 27.8 Å². The van der Waals surface area contributed by atoms with Crippen LogP contribution in [0.2, 0.25) is 10.0 Å². The van der Waals surface area contributed by atoms with Crippen molar-refractivity contribution in [3.63, 3.8) is 0 Å². The fourth-order valence-electron chi connectivity index (χ4n) is 1.49. The number of rotatable bonds is 3. The Morgan fingerprint density at radius 3 is 2.44 bits per heavy atom. The van der Waals surface area contributed by atoms with Crippen LogP contribution in [0, 0.1) is 11.6 Å². The van der Waals surface area contributed by atoms with E-state index in [1.807, 2.05) is 0 Å². The molecule has 0 fully saturated rings. The van der Waals surface area contributed by atoms with Gasteiger partial charge < -0.3 is 5.32 Å². The Morgan fingerprint density at radius 1 is 1.00 bits per heavy atom. The van der Waals surface area contributed by atoms with E-state index in [1.54, 1.807) is 12.1 Å². The number of hydrogen-bond donors (Lipinski definition) is 1. The molecule has 0 saturated heterocycles. The Labute approximate surface area is 113 Å². The Bertz CT molecular complexity index is 521. The van der Waals surface area contributed by atoms with Gasteiger partial charge >= 0.3 is 0 Å². The summed E-state index contributed by atoms with van der Waals surface area (Å²) in [5.41, 5.74) is 1.01. The minimum Gasteiger partial charge on any atom is -0.379 e. The number of anilines is 1. The van der Waals surface area contributed by atoms with Gasteiger partial charge in [0.15, 0.2) is 0 Å². The Kier molecular flexibility index (Phi) is 4.04. The standard InChI is InChI=1S/C13H9Cl2F2N/c14-9-2-4-13(12(17)5-9)18-7-8-1-3-10(16)6-11(8)15/h1-6,18H,7H2. The first-order valence-corrected chi connectivity index (χ1v) is 5.95. The van der Waals surface area contributed by atoms with Gasteiger partial charge in [-0.2, -0.15) is 0 Å². The van der Waals surface area contributed by atoms with Gasteiger partial charge in [0.05, 0.1) is 5.69 Å². The normalized spacial score (nSPS) is 10.4. The van der Waals surface area contributed by atoms with Crippen molar-refractivity contribution in [3.8, 4) is 0 Å². The van der Waals surface area contributed by atoms with Gasteiger partial charge in [0, 0.05) is 16.6 Å². The van der Waals surface area contributed by atoms with E-state index in [4.69, 9.17) is 23.2 Å². The summed E-state index contributed by atoms with van der Waals surface area (Å²) in [7, 11) is 0. The van der Waals surface area contributed by atoms with Gasteiger partial charge in [-0.25, -0.2) is 8.78 Å². The first-order valence-electron chi connectivity index (χ1n) is 5.19. The average Bonchev–Trinajstić information content (AvgIpc) is 2.30. The molecule has 2 aromatic rings. The molecule has 0 aliphatic rings. The Hall–Kier alpha value is -1.32. The summed E-state index contributed by atoms with van der Waals surface area (Å²) in [5.74, 6) is -0.845. The van der Waals surface area contributed by atoms with Gasteiger partial charge in [-0.1, -0.05) is 29.3 Å². The van der Waals surface area contributed by atoms with Gasteiger partial charge in [-0.05, 0) is 35.9 Å². The van der Waals surface area contributed by atoms with Crippen LogP contribution < -0.4 is 5.32 Å². The van der Waals surface area contributed by atoms with E-state index < -0.39 is 11.6 Å². The molecule has 0 heterocycles. The first-order chi connectivity index (χ1) is 8.56. The molecule has 0 aromatic heterocycles. The topological polar surface area (TPSA) is 12.0 Å². The van der Waals surface area contributed by atoms with E-state index >= 15 is 0 Å². The second-order valence-electron chi connectivity index (χ2n) is 3.71. The molecule has 1 nitrogen and oxygen atoms in total. The van der Waals surface area contributed by atoms with Gasteiger partial charge in [0.1, 0.15) is 11.6 Å². The van der Waals surface area contributed by atoms with Crippen molar-refractivity contribution >= 4 is 28.9 Å². The monoisotopic (exact) mass is 287 g/mol. The number of benzene rings is 2. The third-order valence-electron chi connectivity index (χ3n) is 2.42. The van der Waals surface area contributed by atoms with E-state index in [-0.39, 0.29) is 0 Å². The van der Waals surface area contributed by atoms with Crippen LogP contribution in [0.5, 0.6) is 0 Å². The Balaban J connectivity index is 2.11.